The molecule has 0 spiro atoms. The first-order valence-electron chi connectivity index (χ1n) is 10.6. The Labute approximate surface area is 188 Å². The molecule has 3 aromatic carbocycles. The van der Waals surface area contributed by atoms with E-state index < -0.39 is 5.95 Å². The van der Waals surface area contributed by atoms with E-state index in [4.69, 9.17) is 0 Å². The van der Waals surface area contributed by atoms with Gasteiger partial charge in [-0.3, -0.25) is 14.1 Å². The van der Waals surface area contributed by atoms with Crippen molar-refractivity contribution in [3.05, 3.63) is 101 Å². The molecule has 0 aliphatic rings. The van der Waals surface area contributed by atoms with E-state index in [1.165, 1.54) is 0 Å². The van der Waals surface area contributed by atoms with Crippen LogP contribution >= 0.6 is 0 Å². The van der Waals surface area contributed by atoms with Crippen LogP contribution in [0.15, 0.2) is 83.8 Å². The van der Waals surface area contributed by atoms with Crippen molar-refractivity contribution in [2.45, 2.75) is 6.92 Å². The fourth-order valence-corrected chi connectivity index (χ4v) is 4.47. The second kappa shape index (κ2) is 7.10. The smallest absolute Gasteiger partial charge is 0.293 e. The minimum Gasteiger partial charge on any atom is -0.293 e. The van der Waals surface area contributed by atoms with E-state index in [0.29, 0.717) is 22.2 Å². The van der Waals surface area contributed by atoms with Crippen molar-refractivity contribution < 1.29 is 4.39 Å². The van der Waals surface area contributed by atoms with Crippen LogP contribution in [0.2, 0.25) is 0 Å². The van der Waals surface area contributed by atoms with Gasteiger partial charge in [0.2, 0.25) is 5.95 Å². The number of benzene rings is 3. The molecule has 0 amide bonds. The predicted octanol–water partition coefficient (Wildman–Crippen LogP) is 5.54. The molecule has 0 saturated heterocycles. The van der Waals surface area contributed by atoms with Crippen LogP contribution in [0, 0.1) is 12.9 Å². The topological polar surface area (TPSA) is 52.7 Å². The summed E-state index contributed by atoms with van der Waals surface area (Å²) < 4.78 is 18.3. The van der Waals surface area contributed by atoms with Gasteiger partial charge in [-0.05, 0) is 54.4 Å². The molecular formula is C27H19FN4O. The zero-order chi connectivity index (χ0) is 22.7. The fourth-order valence-electron chi connectivity index (χ4n) is 4.47. The van der Waals surface area contributed by atoms with Gasteiger partial charge >= 0.3 is 5.69 Å². The number of nitrogens with zero attached hydrogens (tertiary/aromatic N) is 4. The number of fused-ring (bicyclic) bond motifs is 4. The Hall–Kier alpha value is -4.32. The van der Waals surface area contributed by atoms with Crippen molar-refractivity contribution in [2.24, 2.45) is 7.05 Å². The van der Waals surface area contributed by atoms with Crippen LogP contribution in [0.3, 0.4) is 0 Å². The van der Waals surface area contributed by atoms with E-state index in [2.05, 4.69) is 9.97 Å². The largest absolute Gasteiger partial charge is 0.333 e. The van der Waals surface area contributed by atoms with Gasteiger partial charge in [0, 0.05) is 23.4 Å². The Morgan fingerprint density at radius 3 is 2.61 bits per heavy atom. The molecule has 5 nitrogen and oxygen atoms in total. The van der Waals surface area contributed by atoms with Crippen molar-refractivity contribution in [3.8, 4) is 16.8 Å². The monoisotopic (exact) mass is 434 g/mol. The van der Waals surface area contributed by atoms with Crippen LogP contribution in [-0.2, 0) is 7.05 Å². The minimum atomic E-state index is -0.530. The van der Waals surface area contributed by atoms with Crippen LogP contribution in [0.5, 0.6) is 0 Å². The Balaban J connectivity index is 1.69. The molecule has 6 heteroatoms. The highest BCUT2D eigenvalue weighted by Gasteiger charge is 2.17. The van der Waals surface area contributed by atoms with Gasteiger partial charge in [-0.25, -0.2) is 9.78 Å². The van der Waals surface area contributed by atoms with E-state index in [1.807, 2.05) is 73.7 Å². The van der Waals surface area contributed by atoms with E-state index >= 15 is 0 Å². The number of imidazole rings is 1. The van der Waals surface area contributed by atoms with Gasteiger partial charge in [0.1, 0.15) is 0 Å². The number of pyridine rings is 2. The summed E-state index contributed by atoms with van der Waals surface area (Å²) >= 11 is 0. The van der Waals surface area contributed by atoms with Crippen molar-refractivity contribution in [1.29, 1.82) is 0 Å². The van der Waals surface area contributed by atoms with E-state index in [1.54, 1.807) is 28.4 Å². The van der Waals surface area contributed by atoms with Gasteiger partial charge in [-0.1, -0.05) is 36.4 Å². The highest BCUT2D eigenvalue weighted by Crippen LogP contribution is 2.32. The summed E-state index contributed by atoms with van der Waals surface area (Å²) in [5, 5.41) is 1.64. The molecule has 6 aromatic rings. The number of aromatic nitrogens is 4. The molecule has 0 radical (unpaired) electrons. The van der Waals surface area contributed by atoms with Crippen LogP contribution < -0.4 is 5.69 Å². The summed E-state index contributed by atoms with van der Waals surface area (Å²) in [4.78, 5) is 21.9. The lowest BCUT2D eigenvalue weighted by molar-refractivity contribution is 0.593. The third-order valence-corrected chi connectivity index (χ3v) is 6.13. The molecule has 0 unspecified atom stereocenters. The van der Waals surface area contributed by atoms with Gasteiger partial charge in [-0.2, -0.15) is 4.39 Å². The quantitative estimate of drug-likeness (QED) is 0.336. The van der Waals surface area contributed by atoms with Crippen molar-refractivity contribution >= 4 is 32.8 Å². The third-order valence-electron chi connectivity index (χ3n) is 6.13. The molecule has 6 rings (SSSR count). The van der Waals surface area contributed by atoms with Gasteiger partial charge in [0.15, 0.2) is 0 Å². The second-order valence-electron chi connectivity index (χ2n) is 8.26. The molecule has 0 N–H and O–H groups in total. The molecule has 0 saturated carbocycles. The average molecular weight is 434 g/mol. The van der Waals surface area contributed by atoms with Crippen LogP contribution in [0.1, 0.15) is 5.56 Å². The van der Waals surface area contributed by atoms with Crippen molar-refractivity contribution in [1.82, 2.24) is 19.1 Å². The Kier molecular flexibility index (Phi) is 4.17. The SMILES string of the molecule is Cc1cccc(-n2c(=O)n(C)c3cnc4ccc(-c5cc6ccccc6nc5F)cc4c32)c1. The molecule has 0 aliphatic carbocycles. The molecule has 0 aliphatic heterocycles. The highest BCUT2D eigenvalue weighted by atomic mass is 19.1. The number of halogens is 1. The Morgan fingerprint density at radius 2 is 1.76 bits per heavy atom. The van der Waals surface area contributed by atoms with Gasteiger partial charge in [0.05, 0.1) is 34.0 Å². The standard InChI is InChI=1S/C27H19FN4O/c1-16-6-5-8-19(12-16)32-25-21-13-17(10-11-23(21)29-15-24(25)31(2)27(32)33)20-14-18-7-3-4-9-22(18)30-26(20)28/h3-15H,1-2H3. The lowest BCUT2D eigenvalue weighted by Gasteiger charge is -2.09. The fraction of sp³-hybridized carbons (Fsp3) is 0.0741. The molecule has 0 bridgehead atoms. The molecule has 33 heavy (non-hydrogen) atoms. The number of para-hydroxylation sites is 1. The van der Waals surface area contributed by atoms with Crippen molar-refractivity contribution in [2.75, 3.05) is 0 Å². The maximum atomic E-state index is 15.0. The first-order chi connectivity index (χ1) is 16.0. The van der Waals surface area contributed by atoms with Crippen molar-refractivity contribution in [3.63, 3.8) is 0 Å². The highest BCUT2D eigenvalue weighted by molar-refractivity contribution is 6.04. The van der Waals surface area contributed by atoms with Gasteiger partial charge in [-0.15, -0.1) is 0 Å². The normalized spacial score (nSPS) is 11.6. The first-order valence-corrected chi connectivity index (χ1v) is 10.6. The molecule has 3 heterocycles. The maximum Gasteiger partial charge on any atom is 0.333 e. The summed E-state index contributed by atoms with van der Waals surface area (Å²) in [5.74, 6) is -0.530. The van der Waals surface area contributed by atoms with Gasteiger partial charge in [0.25, 0.3) is 0 Å². The van der Waals surface area contributed by atoms with Crippen LogP contribution in [0.25, 0.3) is 49.7 Å². The number of hydrogen-bond donors (Lipinski definition) is 0. The summed E-state index contributed by atoms with van der Waals surface area (Å²) in [7, 11) is 1.74. The van der Waals surface area contributed by atoms with E-state index in [9.17, 15) is 9.18 Å². The predicted molar refractivity (Wildman–Crippen MR) is 129 cm³/mol. The van der Waals surface area contributed by atoms with Crippen LogP contribution in [0.4, 0.5) is 4.39 Å². The number of hydrogen-bond acceptors (Lipinski definition) is 3. The summed E-state index contributed by atoms with van der Waals surface area (Å²) in [6.45, 7) is 1.99. The first kappa shape index (κ1) is 19.4. The molecule has 0 fully saturated rings. The molecule has 3 aromatic heterocycles. The van der Waals surface area contributed by atoms with Crippen LogP contribution in [-0.4, -0.2) is 19.1 Å². The van der Waals surface area contributed by atoms with E-state index in [-0.39, 0.29) is 5.69 Å². The number of rotatable bonds is 2. The van der Waals surface area contributed by atoms with E-state index in [0.717, 1.165) is 33.1 Å². The van der Waals surface area contributed by atoms with Gasteiger partial charge < -0.3 is 0 Å². The zero-order valence-corrected chi connectivity index (χ0v) is 18.1. The maximum absolute atomic E-state index is 15.0. The summed E-state index contributed by atoms with van der Waals surface area (Å²) in [5.41, 5.74) is 5.56. The summed E-state index contributed by atoms with van der Waals surface area (Å²) in [6, 6.07) is 22.7. The average Bonchev–Trinajstić information content (AvgIpc) is 3.08. The lowest BCUT2D eigenvalue weighted by atomic mass is 10.0. The Morgan fingerprint density at radius 1 is 0.909 bits per heavy atom. The molecular weight excluding hydrogens is 415 g/mol. The minimum absolute atomic E-state index is 0.158. The zero-order valence-electron chi connectivity index (χ0n) is 18.1. The molecule has 160 valence electrons. The second-order valence-corrected chi connectivity index (χ2v) is 8.26. The lowest BCUT2D eigenvalue weighted by Crippen LogP contribution is -2.20. The Bertz CT molecular complexity index is 1780. The molecule has 0 atom stereocenters. The number of aryl methyl sites for hydroxylation is 2. The third kappa shape index (κ3) is 2.95. The summed E-state index contributed by atoms with van der Waals surface area (Å²) in [6.07, 6.45) is 1.71.